The predicted octanol–water partition coefficient (Wildman–Crippen LogP) is 0.327. The van der Waals surface area contributed by atoms with Gasteiger partial charge < -0.3 is 14.9 Å². The average Bonchev–Trinajstić information content (AvgIpc) is 2.41. The van der Waals surface area contributed by atoms with E-state index in [0.29, 0.717) is 5.92 Å². The summed E-state index contributed by atoms with van der Waals surface area (Å²) >= 11 is 0. The van der Waals surface area contributed by atoms with Gasteiger partial charge in [-0.1, -0.05) is 6.92 Å². The molecule has 2 fully saturated rings. The van der Waals surface area contributed by atoms with Gasteiger partial charge >= 0.3 is 0 Å². The number of hydrogen-bond acceptors (Lipinski definition) is 4. The Labute approximate surface area is 112 Å². The molecule has 0 bridgehead atoms. The molecular formula is C14H29N3O. The zero-order valence-electron chi connectivity index (χ0n) is 12.0. The lowest BCUT2D eigenvalue weighted by molar-refractivity contribution is 0.0211. The second-order valence-electron chi connectivity index (χ2n) is 5.94. The molecule has 0 aliphatic carbocycles. The lowest BCUT2D eigenvalue weighted by Gasteiger charge is -2.37. The van der Waals surface area contributed by atoms with E-state index in [0.717, 1.165) is 39.3 Å². The van der Waals surface area contributed by atoms with Crippen LogP contribution in [0.2, 0.25) is 0 Å². The Morgan fingerprint density at radius 2 is 1.61 bits per heavy atom. The normalized spacial score (nSPS) is 27.5. The molecule has 2 aliphatic heterocycles. The van der Waals surface area contributed by atoms with Gasteiger partial charge in [0.2, 0.25) is 0 Å². The number of piperidine rings is 1. The van der Waals surface area contributed by atoms with E-state index in [2.05, 4.69) is 28.7 Å². The first-order valence-electron chi connectivity index (χ1n) is 7.50. The first kappa shape index (κ1) is 14.3. The van der Waals surface area contributed by atoms with Gasteiger partial charge in [0.15, 0.2) is 0 Å². The van der Waals surface area contributed by atoms with E-state index in [4.69, 9.17) is 0 Å². The Morgan fingerprint density at radius 1 is 1.00 bits per heavy atom. The van der Waals surface area contributed by atoms with Gasteiger partial charge in [-0.15, -0.1) is 0 Å². The van der Waals surface area contributed by atoms with Crippen molar-refractivity contribution < 1.29 is 5.11 Å². The number of likely N-dealkylation sites (tertiary alicyclic amines) is 1. The zero-order valence-corrected chi connectivity index (χ0v) is 12.0. The molecule has 0 radical (unpaired) electrons. The lowest BCUT2D eigenvalue weighted by Crippen LogP contribution is -2.49. The summed E-state index contributed by atoms with van der Waals surface area (Å²) in [5, 5.41) is 10.4. The van der Waals surface area contributed by atoms with Crippen molar-refractivity contribution >= 4 is 0 Å². The van der Waals surface area contributed by atoms with Crippen LogP contribution in [-0.2, 0) is 0 Å². The molecule has 2 aliphatic rings. The van der Waals surface area contributed by atoms with E-state index in [1.165, 1.54) is 25.9 Å². The highest BCUT2D eigenvalue weighted by atomic mass is 16.3. The molecule has 1 unspecified atom stereocenters. The molecule has 0 saturated carbocycles. The van der Waals surface area contributed by atoms with Crippen molar-refractivity contribution in [3.63, 3.8) is 0 Å². The van der Waals surface area contributed by atoms with Crippen molar-refractivity contribution in [3.8, 4) is 0 Å². The molecule has 106 valence electrons. The van der Waals surface area contributed by atoms with Crippen LogP contribution < -0.4 is 0 Å². The largest absolute Gasteiger partial charge is 0.392 e. The van der Waals surface area contributed by atoms with E-state index >= 15 is 0 Å². The summed E-state index contributed by atoms with van der Waals surface area (Å²) in [5.74, 6) is 0.521. The van der Waals surface area contributed by atoms with Crippen molar-refractivity contribution in [2.24, 2.45) is 5.92 Å². The molecule has 2 heterocycles. The minimum Gasteiger partial charge on any atom is -0.392 e. The van der Waals surface area contributed by atoms with Gasteiger partial charge in [-0.05, 0) is 45.4 Å². The van der Waals surface area contributed by atoms with Crippen molar-refractivity contribution in [1.82, 2.24) is 14.7 Å². The number of likely N-dealkylation sites (N-methyl/N-ethyl adjacent to an activating group) is 1. The van der Waals surface area contributed by atoms with Crippen LogP contribution in [0.1, 0.15) is 19.8 Å². The SMILES string of the molecule is CCN1CCC(C(O)CN2CCN(C)CC2)CC1. The maximum Gasteiger partial charge on any atom is 0.0696 e. The summed E-state index contributed by atoms with van der Waals surface area (Å²) in [4.78, 5) is 7.28. The number of hydrogen-bond donors (Lipinski definition) is 1. The fraction of sp³-hybridized carbons (Fsp3) is 1.00. The fourth-order valence-corrected chi connectivity index (χ4v) is 3.10. The maximum absolute atomic E-state index is 10.4. The van der Waals surface area contributed by atoms with Crippen molar-refractivity contribution in [2.75, 3.05) is 59.4 Å². The Bertz CT molecular complexity index is 233. The molecule has 18 heavy (non-hydrogen) atoms. The summed E-state index contributed by atoms with van der Waals surface area (Å²) < 4.78 is 0. The Balaban J connectivity index is 1.70. The van der Waals surface area contributed by atoms with Crippen LogP contribution in [0.3, 0.4) is 0 Å². The molecule has 4 nitrogen and oxygen atoms in total. The second-order valence-corrected chi connectivity index (χ2v) is 5.94. The van der Waals surface area contributed by atoms with Gasteiger partial charge in [0.25, 0.3) is 0 Å². The average molecular weight is 255 g/mol. The van der Waals surface area contributed by atoms with E-state index in [1.54, 1.807) is 0 Å². The molecular weight excluding hydrogens is 226 g/mol. The highest BCUT2D eigenvalue weighted by molar-refractivity contribution is 4.80. The third kappa shape index (κ3) is 3.92. The van der Waals surface area contributed by atoms with Crippen LogP contribution in [0.5, 0.6) is 0 Å². The molecule has 0 aromatic heterocycles. The van der Waals surface area contributed by atoms with E-state index < -0.39 is 0 Å². The van der Waals surface area contributed by atoms with Crippen LogP contribution in [0, 0.1) is 5.92 Å². The van der Waals surface area contributed by atoms with Crippen LogP contribution in [0.4, 0.5) is 0 Å². The van der Waals surface area contributed by atoms with Gasteiger partial charge in [0.1, 0.15) is 0 Å². The Morgan fingerprint density at radius 3 is 2.17 bits per heavy atom. The van der Waals surface area contributed by atoms with Crippen LogP contribution in [-0.4, -0.2) is 85.3 Å². The fourth-order valence-electron chi connectivity index (χ4n) is 3.10. The summed E-state index contributed by atoms with van der Waals surface area (Å²) in [6.07, 6.45) is 2.22. The number of aliphatic hydroxyl groups is 1. The standard InChI is InChI=1S/C14H29N3O/c1-3-16-6-4-13(5-7-16)14(18)12-17-10-8-15(2)9-11-17/h13-14,18H,3-12H2,1-2H3. The number of β-amino-alcohol motifs (C(OH)–C–C–N with tert-alkyl or cyclic N) is 1. The summed E-state index contributed by atoms with van der Waals surface area (Å²) in [6.45, 7) is 11.1. The van der Waals surface area contributed by atoms with Crippen molar-refractivity contribution in [1.29, 1.82) is 0 Å². The number of aliphatic hydroxyl groups excluding tert-OH is 1. The molecule has 4 heteroatoms. The summed E-state index contributed by atoms with van der Waals surface area (Å²) in [7, 11) is 2.17. The number of nitrogens with zero attached hydrogens (tertiary/aromatic N) is 3. The molecule has 1 N–H and O–H groups in total. The van der Waals surface area contributed by atoms with Crippen LogP contribution in [0.25, 0.3) is 0 Å². The third-order valence-electron chi connectivity index (χ3n) is 4.66. The zero-order chi connectivity index (χ0) is 13.0. The molecule has 0 amide bonds. The minimum atomic E-state index is -0.118. The predicted molar refractivity (Wildman–Crippen MR) is 74.8 cm³/mol. The minimum absolute atomic E-state index is 0.118. The summed E-state index contributed by atoms with van der Waals surface area (Å²) in [6, 6.07) is 0. The van der Waals surface area contributed by atoms with E-state index in [1.807, 2.05) is 0 Å². The molecule has 0 spiro atoms. The van der Waals surface area contributed by atoms with E-state index in [9.17, 15) is 5.11 Å². The summed E-state index contributed by atoms with van der Waals surface area (Å²) in [5.41, 5.74) is 0. The monoisotopic (exact) mass is 255 g/mol. The molecule has 0 aromatic carbocycles. The molecule has 1 atom stereocenters. The number of rotatable bonds is 4. The number of piperazine rings is 1. The van der Waals surface area contributed by atoms with Gasteiger partial charge in [0.05, 0.1) is 6.10 Å². The third-order valence-corrected chi connectivity index (χ3v) is 4.66. The van der Waals surface area contributed by atoms with Gasteiger partial charge in [0, 0.05) is 32.7 Å². The van der Waals surface area contributed by atoms with Crippen molar-refractivity contribution in [3.05, 3.63) is 0 Å². The second kappa shape index (κ2) is 6.85. The maximum atomic E-state index is 10.4. The molecule has 2 rings (SSSR count). The molecule has 2 saturated heterocycles. The quantitative estimate of drug-likeness (QED) is 0.784. The van der Waals surface area contributed by atoms with Crippen molar-refractivity contribution in [2.45, 2.75) is 25.9 Å². The first-order chi connectivity index (χ1) is 8.69. The topological polar surface area (TPSA) is 30.0 Å². The Hall–Kier alpha value is -0.160. The lowest BCUT2D eigenvalue weighted by atomic mass is 9.91. The molecule has 0 aromatic rings. The van der Waals surface area contributed by atoms with E-state index in [-0.39, 0.29) is 6.10 Å². The smallest absolute Gasteiger partial charge is 0.0696 e. The van der Waals surface area contributed by atoms with Crippen LogP contribution in [0.15, 0.2) is 0 Å². The first-order valence-corrected chi connectivity index (χ1v) is 7.50. The van der Waals surface area contributed by atoms with Gasteiger partial charge in [-0.3, -0.25) is 4.90 Å². The van der Waals surface area contributed by atoms with Gasteiger partial charge in [-0.2, -0.15) is 0 Å². The highest BCUT2D eigenvalue weighted by Crippen LogP contribution is 2.21. The Kier molecular flexibility index (Phi) is 5.42. The van der Waals surface area contributed by atoms with Gasteiger partial charge in [-0.25, -0.2) is 0 Å². The highest BCUT2D eigenvalue weighted by Gasteiger charge is 2.26. The van der Waals surface area contributed by atoms with Crippen LogP contribution >= 0.6 is 0 Å².